The van der Waals surface area contributed by atoms with Crippen LogP contribution in [0.2, 0.25) is 0 Å². The van der Waals surface area contributed by atoms with Gasteiger partial charge in [0.15, 0.2) is 0 Å². The molecule has 50 heavy (non-hydrogen) atoms. The van der Waals surface area contributed by atoms with E-state index in [2.05, 4.69) is 172 Å². The standard InChI is InChI=1S/C48H39NS/c1-47(2)39-18-10-8-15-34(39)36-26-23-31(29-41(36)47)30-21-24-33(25-22-30)49(32-13-6-5-7-14-32)42-20-12-17-38-44-43(50-46(38)42)28-27-37-35-16-9-11-19-40(35)48(3,4)45(37)44/h5-10,12-18,20-29H,11,19H2,1-4H3. The van der Waals surface area contributed by atoms with Crippen molar-refractivity contribution in [3.63, 3.8) is 0 Å². The Hall–Kier alpha value is -5.18. The van der Waals surface area contributed by atoms with Crippen LogP contribution in [-0.2, 0) is 10.8 Å². The zero-order valence-electron chi connectivity index (χ0n) is 29.0. The number of benzene rings is 6. The molecule has 3 aliphatic carbocycles. The van der Waals surface area contributed by atoms with Crippen molar-refractivity contribution in [2.75, 3.05) is 4.90 Å². The van der Waals surface area contributed by atoms with Crippen LogP contribution < -0.4 is 4.90 Å². The number of nitrogens with zero attached hydrogens (tertiary/aromatic N) is 1. The van der Waals surface area contributed by atoms with E-state index in [4.69, 9.17) is 0 Å². The molecule has 2 heteroatoms. The largest absolute Gasteiger partial charge is 0.309 e. The van der Waals surface area contributed by atoms with Gasteiger partial charge in [0.05, 0.1) is 10.4 Å². The zero-order chi connectivity index (χ0) is 33.8. The molecule has 0 bridgehead atoms. The molecule has 0 fully saturated rings. The third-order valence-electron chi connectivity index (χ3n) is 11.8. The number of hydrogen-bond acceptors (Lipinski definition) is 2. The van der Waals surface area contributed by atoms with Crippen LogP contribution in [0.25, 0.3) is 48.0 Å². The van der Waals surface area contributed by atoms with Crippen LogP contribution in [0.1, 0.15) is 62.8 Å². The molecule has 1 aromatic heterocycles. The molecular formula is C48H39NS. The quantitative estimate of drug-likeness (QED) is 0.181. The highest BCUT2D eigenvalue weighted by atomic mass is 32.1. The minimum atomic E-state index is -0.0175. The molecule has 3 aliphatic rings. The fourth-order valence-corrected chi connectivity index (χ4v) is 10.5. The van der Waals surface area contributed by atoms with Gasteiger partial charge in [0.2, 0.25) is 0 Å². The van der Waals surface area contributed by atoms with Crippen LogP contribution in [0.5, 0.6) is 0 Å². The smallest absolute Gasteiger partial charge is 0.0640 e. The first-order chi connectivity index (χ1) is 24.3. The van der Waals surface area contributed by atoms with Gasteiger partial charge in [0.1, 0.15) is 0 Å². The van der Waals surface area contributed by atoms with Crippen molar-refractivity contribution < 1.29 is 0 Å². The Balaban J connectivity index is 1.10. The Morgan fingerprint density at radius 2 is 1.32 bits per heavy atom. The van der Waals surface area contributed by atoms with Gasteiger partial charge in [-0.05, 0) is 105 Å². The van der Waals surface area contributed by atoms with E-state index in [1.165, 1.54) is 75.9 Å². The average Bonchev–Trinajstić information content (AvgIpc) is 3.72. The molecule has 7 aromatic rings. The summed E-state index contributed by atoms with van der Waals surface area (Å²) in [5.41, 5.74) is 17.6. The van der Waals surface area contributed by atoms with E-state index in [-0.39, 0.29) is 10.8 Å². The average molecular weight is 662 g/mol. The number of rotatable bonds is 4. The molecule has 0 N–H and O–H groups in total. The summed E-state index contributed by atoms with van der Waals surface area (Å²) in [6, 6.07) is 47.6. The maximum atomic E-state index is 2.45. The Bertz CT molecular complexity index is 2580. The molecule has 0 amide bonds. The number of allylic oxidation sites excluding steroid dienone is 4. The number of para-hydroxylation sites is 1. The number of fused-ring (bicyclic) bond motifs is 9. The number of hydrogen-bond donors (Lipinski definition) is 0. The fraction of sp³-hybridized carbons (Fsp3) is 0.167. The lowest BCUT2D eigenvalue weighted by molar-refractivity contribution is 0.612. The van der Waals surface area contributed by atoms with E-state index in [9.17, 15) is 0 Å². The molecule has 0 atom stereocenters. The van der Waals surface area contributed by atoms with Gasteiger partial charge >= 0.3 is 0 Å². The third kappa shape index (κ3) is 4.12. The number of anilines is 3. The molecule has 1 nitrogen and oxygen atoms in total. The molecule has 0 spiro atoms. The first-order valence-electron chi connectivity index (χ1n) is 17.9. The van der Waals surface area contributed by atoms with Crippen molar-refractivity contribution in [3.05, 3.63) is 167 Å². The van der Waals surface area contributed by atoms with Crippen molar-refractivity contribution in [1.82, 2.24) is 0 Å². The summed E-state index contributed by atoms with van der Waals surface area (Å²) in [4.78, 5) is 2.45. The van der Waals surface area contributed by atoms with Crippen LogP contribution in [0.4, 0.5) is 17.1 Å². The summed E-state index contributed by atoms with van der Waals surface area (Å²) >= 11 is 1.93. The van der Waals surface area contributed by atoms with Crippen molar-refractivity contribution in [2.45, 2.75) is 51.4 Å². The Morgan fingerprint density at radius 3 is 2.16 bits per heavy atom. The van der Waals surface area contributed by atoms with Crippen molar-refractivity contribution in [3.8, 4) is 22.3 Å². The summed E-state index contributed by atoms with van der Waals surface area (Å²) in [5, 5.41) is 2.79. The van der Waals surface area contributed by atoms with Gasteiger partial charge in [0, 0.05) is 37.7 Å². The zero-order valence-corrected chi connectivity index (χ0v) is 29.9. The van der Waals surface area contributed by atoms with Crippen LogP contribution in [0.15, 0.2) is 145 Å². The summed E-state index contributed by atoms with van der Waals surface area (Å²) in [7, 11) is 0. The lowest BCUT2D eigenvalue weighted by Crippen LogP contribution is -2.18. The van der Waals surface area contributed by atoms with E-state index in [0.717, 1.165) is 24.2 Å². The van der Waals surface area contributed by atoms with Crippen LogP contribution in [-0.4, -0.2) is 0 Å². The van der Waals surface area contributed by atoms with Crippen molar-refractivity contribution in [1.29, 1.82) is 0 Å². The predicted octanol–water partition coefficient (Wildman–Crippen LogP) is 13.9. The van der Waals surface area contributed by atoms with E-state index < -0.39 is 0 Å². The summed E-state index contributed by atoms with van der Waals surface area (Å²) in [5.74, 6) is 0. The van der Waals surface area contributed by atoms with E-state index in [1.807, 2.05) is 11.3 Å². The van der Waals surface area contributed by atoms with E-state index in [0.29, 0.717) is 0 Å². The van der Waals surface area contributed by atoms with Gasteiger partial charge in [-0.15, -0.1) is 11.3 Å². The maximum absolute atomic E-state index is 2.45. The lowest BCUT2D eigenvalue weighted by Gasteiger charge is -2.27. The second-order valence-corrected chi connectivity index (χ2v) is 16.3. The minimum Gasteiger partial charge on any atom is -0.309 e. The Morgan fingerprint density at radius 1 is 0.600 bits per heavy atom. The number of thiophene rings is 1. The van der Waals surface area contributed by atoms with Gasteiger partial charge in [-0.3, -0.25) is 0 Å². The monoisotopic (exact) mass is 661 g/mol. The van der Waals surface area contributed by atoms with Gasteiger partial charge in [-0.1, -0.05) is 130 Å². The predicted molar refractivity (Wildman–Crippen MR) is 215 cm³/mol. The Kier molecular flexibility index (Phi) is 6.33. The highest BCUT2D eigenvalue weighted by Gasteiger charge is 2.39. The van der Waals surface area contributed by atoms with E-state index >= 15 is 0 Å². The molecular weight excluding hydrogens is 623 g/mol. The summed E-state index contributed by atoms with van der Waals surface area (Å²) in [6.45, 7) is 9.60. The molecule has 0 aliphatic heterocycles. The van der Waals surface area contributed by atoms with E-state index in [1.54, 1.807) is 5.57 Å². The first-order valence-corrected chi connectivity index (χ1v) is 18.7. The normalized spacial score (nSPS) is 16.4. The van der Waals surface area contributed by atoms with Crippen LogP contribution in [0.3, 0.4) is 0 Å². The van der Waals surface area contributed by atoms with Gasteiger partial charge in [0.25, 0.3) is 0 Å². The van der Waals surface area contributed by atoms with Crippen LogP contribution in [0, 0.1) is 0 Å². The van der Waals surface area contributed by atoms with Gasteiger partial charge < -0.3 is 4.90 Å². The van der Waals surface area contributed by atoms with Gasteiger partial charge in [-0.2, -0.15) is 0 Å². The van der Waals surface area contributed by atoms with Crippen LogP contribution >= 0.6 is 11.3 Å². The second kappa shape index (κ2) is 10.7. The summed E-state index contributed by atoms with van der Waals surface area (Å²) < 4.78 is 2.70. The molecule has 0 radical (unpaired) electrons. The minimum absolute atomic E-state index is 0.0173. The van der Waals surface area contributed by atoms with Gasteiger partial charge in [-0.25, -0.2) is 0 Å². The highest BCUT2D eigenvalue weighted by molar-refractivity contribution is 7.26. The molecule has 0 saturated heterocycles. The topological polar surface area (TPSA) is 3.24 Å². The molecule has 1 heterocycles. The SMILES string of the molecule is CC1(C)C2=C(C=CCC2)c2ccc3sc4c(N(c5ccccc5)c5ccc(-c6ccc7c(c6)C(C)(C)c6ccccc6-7)cc5)cccc4c3c21. The first kappa shape index (κ1) is 29.7. The highest BCUT2D eigenvalue weighted by Crippen LogP contribution is 2.56. The fourth-order valence-electron chi connectivity index (χ4n) is 9.33. The molecule has 0 saturated carbocycles. The third-order valence-corrected chi connectivity index (χ3v) is 13.0. The second-order valence-electron chi connectivity index (χ2n) is 15.2. The lowest BCUT2D eigenvalue weighted by atomic mass is 9.77. The molecule has 242 valence electrons. The molecule has 6 aromatic carbocycles. The Labute approximate surface area is 298 Å². The van der Waals surface area contributed by atoms with Crippen molar-refractivity contribution >= 4 is 54.1 Å². The molecule has 0 unspecified atom stereocenters. The maximum Gasteiger partial charge on any atom is 0.0640 e. The summed E-state index contributed by atoms with van der Waals surface area (Å²) in [6.07, 6.45) is 7.02. The van der Waals surface area contributed by atoms with Crippen molar-refractivity contribution in [2.24, 2.45) is 0 Å². The molecule has 10 rings (SSSR count).